The lowest BCUT2D eigenvalue weighted by Gasteiger charge is -2.04. The zero-order chi connectivity index (χ0) is 21.5. The fraction of sp³-hybridized carbons (Fsp3) is 0. The minimum atomic E-state index is -0.735. The fourth-order valence-electron chi connectivity index (χ4n) is 2.42. The van der Waals surface area contributed by atoms with Crippen LogP contribution in [0.25, 0.3) is 0 Å². The summed E-state index contributed by atoms with van der Waals surface area (Å²) in [5.74, 6) is -0.135. The molecule has 0 spiro atoms. The number of hydrazone groups is 1. The molecule has 150 valence electrons. The Labute approximate surface area is 169 Å². The smallest absolute Gasteiger partial charge is 0.343 e. The van der Waals surface area contributed by atoms with Crippen molar-refractivity contribution in [2.24, 2.45) is 5.10 Å². The topological polar surface area (TPSA) is 137 Å². The average Bonchev–Trinajstić information content (AvgIpc) is 2.75. The van der Waals surface area contributed by atoms with Gasteiger partial charge < -0.3 is 4.74 Å². The lowest BCUT2D eigenvalue weighted by molar-refractivity contribution is -0.393. The van der Waals surface area contributed by atoms with Crippen molar-refractivity contribution in [3.05, 3.63) is 104 Å². The molecule has 0 aliphatic heterocycles. The van der Waals surface area contributed by atoms with Gasteiger partial charge in [-0.3, -0.25) is 25.7 Å². The standard InChI is InChI=1S/C20H14N4O6/c25-20(15-4-2-1-3-5-15)30-17-9-6-14(7-10-17)13-21-22-18-11-8-16(23(26)27)12-19(18)24(28)29/h1-13,22H/b21-13-. The number of hydrogen-bond donors (Lipinski definition) is 1. The molecule has 3 aromatic carbocycles. The molecule has 0 saturated heterocycles. The van der Waals surface area contributed by atoms with E-state index in [1.54, 1.807) is 54.6 Å². The first-order chi connectivity index (χ1) is 14.4. The predicted molar refractivity (Wildman–Crippen MR) is 109 cm³/mol. The third-order valence-electron chi connectivity index (χ3n) is 3.89. The summed E-state index contributed by atoms with van der Waals surface area (Å²) >= 11 is 0. The minimum absolute atomic E-state index is 0.00950. The maximum atomic E-state index is 12.0. The van der Waals surface area contributed by atoms with E-state index < -0.39 is 27.2 Å². The number of nitro groups is 2. The van der Waals surface area contributed by atoms with Crippen LogP contribution in [-0.4, -0.2) is 22.0 Å². The van der Waals surface area contributed by atoms with Crippen LogP contribution in [0.2, 0.25) is 0 Å². The summed E-state index contributed by atoms with van der Waals surface area (Å²) in [6.45, 7) is 0. The fourth-order valence-corrected chi connectivity index (χ4v) is 2.42. The zero-order valence-corrected chi connectivity index (χ0v) is 15.3. The average molecular weight is 406 g/mol. The van der Waals surface area contributed by atoms with Gasteiger partial charge in [-0.2, -0.15) is 5.10 Å². The quantitative estimate of drug-likeness (QED) is 0.204. The molecule has 10 nitrogen and oxygen atoms in total. The van der Waals surface area contributed by atoms with Crippen LogP contribution in [0.3, 0.4) is 0 Å². The van der Waals surface area contributed by atoms with E-state index in [-0.39, 0.29) is 5.69 Å². The van der Waals surface area contributed by atoms with Gasteiger partial charge in [0.2, 0.25) is 0 Å². The summed E-state index contributed by atoms with van der Waals surface area (Å²) < 4.78 is 5.27. The van der Waals surface area contributed by atoms with E-state index in [4.69, 9.17) is 4.74 Å². The van der Waals surface area contributed by atoms with Crippen LogP contribution in [0.5, 0.6) is 5.75 Å². The molecule has 0 aliphatic rings. The molecule has 0 amide bonds. The number of anilines is 1. The Morgan fingerprint density at radius 2 is 1.63 bits per heavy atom. The van der Waals surface area contributed by atoms with Gasteiger partial charge in [0.05, 0.1) is 27.7 Å². The Kier molecular flexibility index (Phi) is 6.08. The van der Waals surface area contributed by atoms with Gasteiger partial charge in [0.15, 0.2) is 0 Å². The van der Waals surface area contributed by atoms with Gasteiger partial charge in [0.25, 0.3) is 5.69 Å². The number of carbonyl (C=O) groups is 1. The van der Waals surface area contributed by atoms with E-state index in [1.165, 1.54) is 12.3 Å². The van der Waals surface area contributed by atoms with Crippen LogP contribution in [-0.2, 0) is 0 Å². The number of carbonyl (C=O) groups excluding carboxylic acids is 1. The number of rotatable bonds is 7. The van der Waals surface area contributed by atoms with E-state index >= 15 is 0 Å². The third kappa shape index (κ3) is 5.01. The monoisotopic (exact) mass is 406 g/mol. The summed E-state index contributed by atoms with van der Waals surface area (Å²) in [6.07, 6.45) is 1.40. The Morgan fingerprint density at radius 1 is 0.933 bits per heavy atom. The van der Waals surface area contributed by atoms with Crippen LogP contribution < -0.4 is 10.2 Å². The molecule has 0 aliphatic carbocycles. The van der Waals surface area contributed by atoms with Gasteiger partial charge in [-0.1, -0.05) is 18.2 Å². The molecule has 0 radical (unpaired) electrons. The Hall–Kier alpha value is -4.60. The molecule has 0 unspecified atom stereocenters. The molecule has 10 heteroatoms. The molecule has 3 aromatic rings. The van der Waals surface area contributed by atoms with Crippen molar-refractivity contribution < 1.29 is 19.4 Å². The number of nitrogens with one attached hydrogen (secondary N) is 1. The molecule has 0 atom stereocenters. The second-order valence-electron chi connectivity index (χ2n) is 5.91. The van der Waals surface area contributed by atoms with E-state index in [2.05, 4.69) is 10.5 Å². The summed E-state index contributed by atoms with van der Waals surface area (Å²) in [4.78, 5) is 32.4. The lowest BCUT2D eigenvalue weighted by Crippen LogP contribution is -2.08. The Morgan fingerprint density at radius 3 is 2.27 bits per heavy atom. The van der Waals surface area contributed by atoms with Gasteiger partial charge in [-0.15, -0.1) is 0 Å². The predicted octanol–water partition coefficient (Wildman–Crippen LogP) is 4.17. The first-order valence-electron chi connectivity index (χ1n) is 8.53. The summed E-state index contributed by atoms with van der Waals surface area (Å²) in [5, 5.41) is 25.8. The van der Waals surface area contributed by atoms with E-state index in [9.17, 15) is 25.0 Å². The summed E-state index contributed by atoms with van der Waals surface area (Å²) in [7, 11) is 0. The second-order valence-corrected chi connectivity index (χ2v) is 5.91. The van der Waals surface area contributed by atoms with E-state index in [0.717, 1.165) is 12.1 Å². The van der Waals surface area contributed by atoms with Crippen LogP contribution in [0.4, 0.5) is 17.1 Å². The van der Waals surface area contributed by atoms with Gasteiger partial charge in [0, 0.05) is 6.07 Å². The highest BCUT2D eigenvalue weighted by Gasteiger charge is 2.19. The molecule has 1 N–H and O–H groups in total. The molecule has 0 bridgehead atoms. The van der Waals surface area contributed by atoms with Gasteiger partial charge in [-0.25, -0.2) is 4.79 Å². The van der Waals surface area contributed by atoms with Crippen LogP contribution >= 0.6 is 0 Å². The molecule has 30 heavy (non-hydrogen) atoms. The maximum absolute atomic E-state index is 12.0. The van der Waals surface area contributed by atoms with E-state index in [0.29, 0.717) is 16.9 Å². The van der Waals surface area contributed by atoms with Crippen molar-refractivity contribution in [2.45, 2.75) is 0 Å². The largest absolute Gasteiger partial charge is 0.423 e. The van der Waals surface area contributed by atoms with Crippen LogP contribution in [0.1, 0.15) is 15.9 Å². The van der Waals surface area contributed by atoms with Crippen molar-refractivity contribution in [1.82, 2.24) is 0 Å². The van der Waals surface area contributed by atoms with Crippen molar-refractivity contribution in [2.75, 3.05) is 5.43 Å². The second kappa shape index (κ2) is 9.06. The first-order valence-corrected chi connectivity index (χ1v) is 8.53. The third-order valence-corrected chi connectivity index (χ3v) is 3.89. The highest BCUT2D eigenvalue weighted by atomic mass is 16.6. The first kappa shape index (κ1) is 20.1. The van der Waals surface area contributed by atoms with E-state index in [1.807, 2.05) is 0 Å². The number of non-ortho nitro benzene ring substituents is 1. The van der Waals surface area contributed by atoms with Crippen molar-refractivity contribution in [1.29, 1.82) is 0 Å². The number of nitro benzene ring substituents is 2. The Bertz CT molecular complexity index is 1110. The molecular weight excluding hydrogens is 392 g/mol. The molecular formula is C20H14N4O6. The minimum Gasteiger partial charge on any atom is -0.423 e. The Balaban J connectivity index is 1.65. The normalized spacial score (nSPS) is 10.5. The van der Waals surface area contributed by atoms with Gasteiger partial charge >= 0.3 is 11.7 Å². The SMILES string of the molecule is O=C(Oc1ccc(/C=N\Nc2ccc([N+](=O)[O-])cc2[N+](=O)[O-])cc1)c1ccccc1. The van der Waals surface area contributed by atoms with Crippen LogP contribution in [0.15, 0.2) is 77.9 Å². The highest BCUT2D eigenvalue weighted by molar-refractivity contribution is 5.91. The molecule has 0 aromatic heterocycles. The van der Waals surface area contributed by atoms with Crippen molar-refractivity contribution in [3.8, 4) is 5.75 Å². The highest BCUT2D eigenvalue weighted by Crippen LogP contribution is 2.28. The maximum Gasteiger partial charge on any atom is 0.343 e. The summed E-state index contributed by atoms with van der Waals surface area (Å²) in [5.41, 5.74) is 2.71. The number of benzene rings is 3. The summed E-state index contributed by atoms with van der Waals surface area (Å²) in [6, 6.07) is 18.2. The lowest BCUT2D eigenvalue weighted by atomic mass is 10.2. The van der Waals surface area contributed by atoms with Gasteiger partial charge in [-0.05, 0) is 48.0 Å². The van der Waals surface area contributed by atoms with Crippen molar-refractivity contribution in [3.63, 3.8) is 0 Å². The zero-order valence-electron chi connectivity index (χ0n) is 15.3. The molecule has 0 fully saturated rings. The number of hydrogen-bond acceptors (Lipinski definition) is 8. The molecule has 3 rings (SSSR count). The van der Waals surface area contributed by atoms with Crippen molar-refractivity contribution >= 4 is 29.2 Å². The van der Waals surface area contributed by atoms with Crippen LogP contribution in [0, 0.1) is 20.2 Å². The number of ether oxygens (including phenoxy) is 1. The molecule has 0 heterocycles. The number of nitrogens with zero attached hydrogens (tertiary/aromatic N) is 3. The number of esters is 1. The molecule has 0 saturated carbocycles. The van der Waals surface area contributed by atoms with Gasteiger partial charge in [0.1, 0.15) is 11.4 Å².